The lowest BCUT2D eigenvalue weighted by Crippen LogP contribution is -2.39. The molecule has 0 bridgehead atoms. The molecular formula is C15H23NO3. The summed E-state index contributed by atoms with van der Waals surface area (Å²) in [6.07, 6.45) is 0.323. The van der Waals surface area contributed by atoms with Gasteiger partial charge in [-0.2, -0.15) is 0 Å². The molecule has 0 fully saturated rings. The van der Waals surface area contributed by atoms with Crippen molar-refractivity contribution in [3.63, 3.8) is 0 Å². The number of aliphatic hydroxyl groups is 1. The molecule has 1 rings (SSSR count). The van der Waals surface area contributed by atoms with Gasteiger partial charge >= 0.3 is 0 Å². The Labute approximate surface area is 114 Å². The first-order chi connectivity index (χ1) is 9.06. The van der Waals surface area contributed by atoms with Gasteiger partial charge in [0.2, 0.25) is 5.91 Å². The molecule has 1 amide bonds. The minimum Gasteiger partial charge on any atom is -0.494 e. The monoisotopic (exact) mass is 265 g/mol. The van der Waals surface area contributed by atoms with E-state index < -0.39 is 0 Å². The SMILES string of the molecule is CCOc1cccc(CC(=O)NC(C)C(C)CO)c1. The zero-order valence-corrected chi connectivity index (χ0v) is 11.8. The molecule has 4 nitrogen and oxygen atoms in total. The highest BCUT2D eigenvalue weighted by molar-refractivity contribution is 5.78. The lowest BCUT2D eigenvalue weighted by molar-refractivity contribution is -0.121. The lowest BCUT2D eigenvalue weighted by Gasteiger charge is -2.19. The fourth-order valence-corrected chi connectivity index (χ4v) is 1.70. The summed E-state index contributed by atoms with van der Waals surface area (Å²) in [4.78, 5) is 11.9. The van der Waals surface area contributed by atoms with E-state index in [1.165, 1.54) is 0 Å². The molecule has 2 N–H and O–H groups in total. The largest absolute Gasteiger partial charge is 0.494 e. The Hall–Kier alpha value is -1.55. The summed E-state index contributed by atoms with van der Waals surface area (Å²) < 4.78 is 5.40. The van der Waals surface area contributed by atoms with Crippen LogP contribution in [0, 0.1) is 5.92 Å². The maximum absolute atomic E-state index is 11.9. The van der Waals surface area contributed by atoms with Crippen molar-refractivity contribution in [2.75, 3.05) is 13.2 Å². The van der Waals surface area contributed by atoms with E-state index in [1.807, 2.05) is 45.0 Å². The molecule has 2 atom stereocenters. The number of hydrogen-bond donors (Lipinski definition) is 2. The van der Waals surface area contributed by atoms with Gasteiger partial charge in [-0.05, 0) is 37.5 Å². The average molecular weight is 265 g/mol. The average Bonchev–Trinajstić information content (AvgIpc) is 2.38. The molecule has 1 aromatic carbocycles. The number of rotatable bonds is 7. The van der Waals surface area contributed by atoms with Crippen LogP contribution in [0.5, 0.6) is 5.75 Å². The van der Waals surface area contributed by atoms with Crippen molar-refractivity contribution in [2.24, 2.45) is 5.92 Å². The van der Waals surface area contributed by atoms with Gasteiger partial charge in [-0.3, -0.25) is 4.79 Å². The minimum absolute atomic E-state index is 0.0347. The van der Waals surface area contributed by atoms with Crippen LogP contribution in [-0.2, 0) is 11.2 Å². The van der Waals surface area contributed by atoms with Gasteiger partial charge in [-0.15, -0.1) is 0 Å². The molecular weight excluding hydrogens is 242 g/mol. The number of amides is 1. The van der Waals surface area contributed by atoms with Gasteiger partial charge in [0.05, 0.1) is 13.0 Å². The van der Waals surface area contributed by atoms with Crippen molar-refractivity contribution in [3.05, 3.63) is 29.8 Å². The van der Waals surface area contributed by atoms with Crippen molar-refractivity contribution in [3.8, 4) is 5.75 Å². The highest BCUT2D eigenvalue weighted by Crippen LogP contribution is 2.13. The van der Waals surface area contributed by atoms with Gasteiger partial charge < -0.3 is 15.2 Å². The van der Waals surface area contributed by atoms with Crippen molar-refractivity contribution in [2.45, 2.75) is 33.2 Å². The molecule has 4 heteroatoms. The summed E-state index contributed by atoms with van der Waals surface area (Å²) in [6.45, 7) is 6.41. The van der Waals surface area contributed by atoms with Crippen LogP contribution >= 0.6 is 0 Å². The Morgan fingerprint density at radius 3 is 2.79 bits per heavy atom. The quantitative estimate of drug-likeness (QED) is 0.790. The van der Waals surface area contributed by atoms with Crippen LogP contribution in [-0.4, -0.2) is 30.3 Å². The second-order valence-electron chi connectivity index (χ2n) is 4.77. The van der Waals surface area contributed by atoms with Crippen LogP contribution in [0.4, 0.5) is 0 Å². The molecule has 0 spiro atoms. The second-order valence-corrected chi connectivity index (χ2v) is 4.77. The minimum atomic E-state index is -0.0403. The maximum atomic E-state index is 11.9. The van der Waals surface area contributed by atoms with Gasteiger partial charge in [-0.1, -0.05) is 19.1 Å². The Kier molecular flexibility index (Phi) is 6.36. The number of aliphatic hydroxyl groups excluding tert-OH is 1. The zero-order valence-electron chi connectivity index (χ0n) is 11.8. The Bertz CT molecular complexity index is 406. The van der Waals surface area contributed by atoms with Gasteiger partial charge in [0.1, 0.15) is 5.75 Å². The Morgan fingerprint density at radius 2 is 2.16 bits per heavy atom. The van der Waals surface area contributed by atoms with E-state index in [0.29, 0.717) is 13.0 Å². The number of carbonyl (C=O) groups excluding carboxylic acids is 1. The van der Waals surface area contributed by atoms with Crippen LogP contribution in [0.1, 0.15) is 26.3 Å². The second kappa shape index (κ2) is 7.79. The van der Waals surface area contributed by atoms with E-state index in [9.17, 15) is 4.79 Å². The van der Waals surface area contributed by atoms with Crippen LogP contribution < -0.4 is 10.1 Å². The van der Waals surface area contributed by atoms with E-state index >= 15 is 0 Å². The third kappa shape index (κ3) is 5.30. The van der Waals surface area contributed by atoms with Gasteiger partial charge in [0.25, 0.3) is 0 Å². The number of nitrogens with one attached hydrogen (secondary N) is 1. The van der Waals surface area contributed by atoms with Crippen LogP contribution in [0.2, 0.25) is 0 Å². The van der Waals surface area contributed by atoms with Crippen molar-refractivity contribution in [1.29, 1.82) is 0 Å². The number of hydrogen-bond acceptors (Lipinski definition) is 3. The fourth-order valence-electron chi connectivity index (χ4n) is 1.70. The molecule has 1 aromatic rings. The summed E-state index contributed by atoms with van der Waals surface area (Å²) >= 11 is 0. The maximum Gasteiger partial charge on any atom is 0.224 e. The molecule has 19 heavy (non-hydrogen) atoms. The normalized spacial score (nSPS) is 13.7. The molecule has 0 aromatic heterocycles. The zero-order chi connectivity index (χ0) is 14.3. The molecule has 0 aliphatic rings. The van der Waals surface area contributed by atoms with E-state index in [4.69, 9.17) is 9.84 Å². The number of ether oxygens (including phenoxy) is 1. The van der Waals surface area contributed by atoms with Gasteiger partial charge in [0, 0.05) is 12.6 Å². The van der Waals surface area contributed by atoms with E-state index in [1.54, 1.807) is 0 Å². The summed E-state index contributed by atoms with van der Waals surface area (Å²) in [6, 6.07) is 7.51. The third-order valence-electron chi connectivity index (χ3n) is 3.10. The summed E-state index contributed by atoms with van der Waals surface area (Å²) in [5, 5.41) is 11.9. The van der Waals surface area contributed by atoms with Gasteiger partial charge in [0.15, 0.2) is 0 Å². The van der Waals surface area contributed by atoms with Crippen molar-refractivity contribution in [1.82, 2.24) is 5.32 Å². The topological polar surface area (TPSA) is 58.6 Å². The highest BCUT2D eigenvalue weighted by Gasteiger charge is 2.14. The van der Waals surface area contributed by atoms with E-state index in [0.717, 1.165) is 11.3 Å². The summed E-state index contributed by atoms with van der Waals surface area (Å²) in [5.74, 6) is 0.796. The Balaban J connectivity index is 2.54. The van der Waals surface area contributed by atoms with Gasteiger partial charge in [-0.25, -0.2) is 0 Å². The number of carbonyl (C=O) groups is 1. The first-order valence-electron chi connectivity index (χ1n) is 6.68. The predicted octanol–water partition coefficient (Wildman–Crippen LogP) is 1.76. The third-order valence-corrected chi connectivity index (χ3v) is 3.10. The fraction of sp³-hybridized carbons (Fsp3) is 0.533. The first kappa shape index (κ1) is 15.5. The van der Waals surface area contributed by atoms with Crippen LogP contribution in [0.15, 0.2) is 24.3 Å². The molecule has 0 aliphatic heterocycles. The number of benzene rings is 1. The van der Waals surface area contributed by atoms with Crippen LogP contribution in [0.3, 0.4) is 0 Å². The van der Waals surface area contributed by atoms with Crippen molar-refractivity contribution >= 4 is 5.91 Å². The van der Waals surface area contributed by atoms with E-state index in [-0.39, 0.29) is 24.5 Å². The van der Waals surface area contributed by atoms with Crippen molar-refractivity contribution < 1.29 is 14.6 Å². The first-order valence-corrected chi connectivity index (χ1v) is 6.68. The molecule has 106 valence electrons. The molecule has 0 saturated heterocycles. The standard InChI is InChI=1S/C15H23NO3/c1-4-19-14-7-5-6-13(8-14)9-15(18)16-12(3)11(2)10-17/h5-8,11-12,17H,4,9-10H2,1-3H3,(H,16,18). The predicted molar refractivity (Wildman–Crippen MR) is 75.2 cm³/mol. The highest BCUT2D eigenvalue weighted by atomic mass is 16.5. The molecule has 0 heterocycles. The summed E-state index contributed by atoms with van der Waals surface area (Å²) in [5.41, 5.74) is 0.923. The van der Waals surface area contributed by atoms with E-state index in [2.05, 4.69) is 5.32 Å². The molecule has 0 saturated carbocycles. The molecule has 2 unspecified atom stereocenters. The lowest BCUT2D eigenvalue weighted by atomic mass is 10.0. The molecule has 0 radical (unpaired) electrons. The molecule has 0 aliphatic carbocycles. The smallest absolute Gasteiger partial charge is 0.224 e. The van der Waals surface area contributed by atoms with Crippen LogP contribution in [0.25, 0.3) is 0 Å². The summed E-state index contributed by atoms with van der Waals surface area (Å²) in [7, 11) is 0. The Morgan fingerprint density at radius 1 is 1.42 bits per heavy atom.